The molecule has 0 radical (unpaired) electrons. The third-order valence-electron chi connectivity index (χ3n) is 3.37. The Kier molecular flexibility index (Phi) is 4.36. The van der Waals surface area contributed by atoms with Crippen molar-refractivity contribution in [2.75, 3.05) is 0 Å². The van der Waals surface area contributed by atoms with Crippen LogP contribution < -0.4 is 5.32 Å². The lowest BCUT2D eigenvalue weighted by Crippen LogP contribution is -2.33. The number of carboxylic acid groups (broad SMARTS) is 1. The van der Waals surface area contributed by atoms with Crippen LogP contribution in [0.1, 0.15) is 31.2 Å². The van der Waals surface area contributed by atoms with Crippen LogP contribution in [-0.2, 0) is 16.0 Å². The lowest BCUT2D eigenvalue weighted by molar-refractivity contribution is -0.141. The van der Waals surface area contributed by atoms with Crippen LogP contribution in [-0.4, -0.2) is 23.0 Å². The summed E-state index contributed by atoms with van der Waals surface area (Å²) >= 11 is 1.63. The molecule has 1 aliphatic rings. The molecular weight excluding hydrogens is 250 g/mol. The number of aryl methyl sites for hydroxylation is 1. The molecule has 1 heterocycles. The van der Waals surface area contributed by atoms with Gasteiger partial charge in [0.05, 0.1) is 5.92 Å². The first-order valence-corrected chi connectivity index (χ1v) is 7.12. The van der Waals surface area contributed by atoms with E-state index in [1.54, 1.807) is 11.3 Å². The first-order chi connectivity index (χ1) is 8.65. The van der Waals surface area contributed by atoms with Crippen LogP contribution in [0.3, 0.4) is 0 Å². The number of rotatable bonds is 5. The van der Waals surface area contributed by atoms with Gasteiger partial charge in [-0.2, -0.15) is 11.3 Å². The molecule has 1 aromatic rings. The minimum atomic E-state index is -0.745. The van der Waals surface area contributed by atoms with Crippen molar-refractivity contribution in [3.8, 4) is 0 Å². The standard InChI is InChI=1S/C13H17NO3S/c15-12(4-1-9-5-6-18-8-9)14-11-3-2-10(7-11)13(16)17/h5-6,8,10-11H,1-4,7H2,(H,14,15)(H,16,17)/t10-,11+/m1/s1. The molecule has 0 bridgehead atoms. The van der Waals surface area contributed by atoms with Crippen molar-refractivity contribution in [3.05, 3.63) is 22.4 Å². The molecule has 2 N–H and O–H groups in total. The molecule has 1 fully saturated rings. The molecule has 0 spiro atoms. The van der Waals surface area contributed by atoms with E-state index in [4.69, 9.17) is 5.11 Å². The number of thiophene rings is 1. The van der Waals surface area contributed by atoms with Gasteiger partial charge < -0.3 is 10.4 Å². The topological polar surface area (TPSA) is 66.4 Å². The summed E-state index contributed by atoms with van der Waals surface area (Å²) in [5.74, 6) is -1.01. The molecule has 1 aliphatic carbocycles. The van der Waals surface area contributed by atoms with E-state index in [-0.39, 0.29) is 17.9 Å². The number of aliphatic carboxylic acids is 1. The Morgan fingerprint density at radius 1 is 1.44 bits per heavy atom. The lowest BCUT2D eigenvalue weighted by atomic mass is 10.1. The zero-order valence-corrected chi connectivity index (χ0v) is 10.9. The number of nitrogens with one attached hydrogen (secondary N) is 1. The van der Waals surface area contributed by atoms with Crippen molar-refractivity contribution >= 4 is 23.2 Å². The van der Waals surface area contributed by atoms with E-state index >= 15 is 0 Å². The molecule has 4 nitrogen and oxygen atoms in total. The Bertz CT molecular complexity index is 416. The van der Waals surface area contributed by atoms with Gasteiger partial charge in [-0.25, -0.2) is 0 Å². The normalized spacial score (nSPS) is 22.9. The Balaban J connectivity index is 1.70. The predicted octanol–water partition coefficient (Wildman–Crippen LogP) is 2.05. The highest BCUT2D eigenvalue weighted by molar-refractivity contribution is 7.07. The van der Waals surface area contributed by atoms with E-state index < -0.39 is 5.97 Å². The van der Waals surface area contributed by atoms with Gasteiger partial charge in [0.25, 0.3) is 0 Å². The summed E-state index contributed by atoms with van der Waals surface area (Å²) < 4.78 is 0. The van der Waals surface area contributed by atoms with Crippen LogP contribution in [0, 0.1) is 5.92 Å². The van der Waals surface area contributed by atoms with Crippen molar-refractivity contribution in [2.45, 2.75) is 38.1 Å². The molecule has 98 valence electrons. The fraction of sp³-hybridized carbons (Fsp3) is 0.538. The van der Waals surface area contributed by atoms with Gasteiger partial charge in [0.15, 0.2) is 0 Å². The second-order valence-electron chi connectivity index (χ2n) is 4.74. The minimum absolute atomic E-state index is 0.0252. The highest BCUT2D eigenvalue weighted by Gasteiger charge is 2.30. The fourth-order valence-corrected chi connectivity index (χ4v) is 3.03. The summed E-state index contributed by atoms with van der Waals surface area (Å²) in [6.07, 6.45) is 3.25. The van der Waals surface area contributed by atoms with Crippen LogP contribution in [0.4, 0.5) is 0 Å². The average Bonchev–Trinajstić information content (AvgIpc) is 2.96. The number of carbonyl (C=O) groups excluding carboxylic acids is 1. The summed E-state index contributed by atoms with van der Waals surface area (Å²) in [6, 6.07) is 2.06. The largest absolute Gasteiger partial charge is 0.481 e. The van der Waals surface area contributed by atoms with Crippen LogP contribution >= 0.6 is 11.3 Å². The van der Waals surface area contributed by atoms with Crippen molar-refractivity contribution in [2.24, 2.45) is 5.92 Å². The van der Waals surface area contributed by atoms with Gasteiger partial charge in [0.2, 0.25) is 5.91 Å². The Morgan fingerprint density at radius 2 is 2.28 bits per heavy atom. The Morgan fingerprint density at radius 3 is 2.89 bits per heavy atom. The Labute approximate surface area is 110 Å². The van der Waals surface area contributed by atoms with Crippen LogP contribution in [0.5, 0.6) is 0 Å². The quantitative estimate of drug-likeness (QED) is 0.858. The van der Waals surface area contributed by atoms with E-state index in [2.05, 4.69) is 5.32 Å². The SMILES string of the molecule is O=C(CCc1ccsc1)N[C@H]1CC[C@@H](C(=O)O)C1. The zero-order valence-electron chi connectivity index (χ0n) is 10.1. The van der Waals surface area contributed by atoms with Gasteiger partial charge in [0.1, 0.15) is 0 Å². The second-order valence-corrected chi connectivity index (χ2v) is 5.52. The van der Waals surface area contributed by atoms with E-state index in [1.807, 2.05) is 16.8 Å². The van der Waals surface area contributed by atoms with Gasteiger partial charge in [-0.3, -0.25) is 9.59 Å². The molecule has 2 rings (SSSR count). The fourth-order valence-electron chi connectivity index (χ4n) is 2.33. The number of hydrogen-bond donors (Lipinski definition) is 2. The molecule has 1 amide bonds. The third-order valence-corrected chi connectivity index (χ3v) is 4.10. The van der Waals surface area contributed by atoms with Crippen molar-refractivity contribution < 1.29 is 14.7 Å². The maximum Gasteiger partial charge on any atom is 0.306 e. The van der Waals surface area contributed by atoms with Gasteiger partial charge >= 0.3 is 5.97 Å². The molecule has 5 heteroatoms. The summed E-state index contributed by atoms with van der Waals surface area (Å²) in [4.78, 5) is 22.5. The van der Waals surface area contributed by atoms with Crippen LogP contribution in [0.25, 0.3) is 0 Å². The molecule has 0 saturated heterocycles. The van der Waals surface area contributed by atoms with Gasteiger partial charge in [0, 0.05) is 12.5 Å². The van der Waals surface area contributed by atoms with E-state index in [0.717, 1.165) is 12.8 Å². The highest BCUT2D eigenvalue weighted by Crippen LogP contribution is 2.25. The maximum atomic E-state index is 11.7. The summed E-state index contributed by atoms with van der Waals surface area (Å²) in [5, 5.41) is 15.9. The van der Waals surface area contributed by atoms with E-state index in [1.165, 1.54) is 5.56 Å². The summed E-state index contributed by atoms with van der Waals surface area (Å²) in [7, 11) is 0. The van der Waals surface area contributed by atoms with Crippen LogP contribution in [0.15, 0.2) is 16.8 Å². The predicted molar refractivity (Wildman–Crippen MR) is 69.5 cm³/mol. The molecular formula is C13H17NO3S. The molecule has 0 aliphatic heterocycles. The van der Waals surface area contributed by atoms with Crippen molar-refractivity contribution in [1.82, 2.24) is 5.32 Å². The highest BCUT2D eigenvalue weighted by atomic mass is 32.1. The Hall–Kier alpha value is -1.36. The number of carboxylic acids is 1. The second kappa shape index (κ2) is 6.00. The molecule has 1 aromatic heterocycles. The zero-order chi connectivity index (χ0) is 13.0. The number of amides is 1. The van der Waals surface area contributed by atoms with Gasteiger partial charge in [-0.15, -0.1) is 0 Å². The monoisotopic (exact) mass is 267 g/mol. The van der Waals surface area contributed by atoms with E-state index in [9.17, 15) is 9.59 Å². The molecule has 0 unspecified atom stereocenters. The first kappa shape index (κ1) is 13.1. The summed E-state index contributed by atoms with van der Waals surface area (Å²) in [6.45, 7) is 0. The molecule has 2 atom stereocenters. The lowest BCUT2D eigenvalue weighted by Gasteiger charge is -2.12. The maximum absolute atomic E-state index is 11.7. The van der Waals surface area contributed by atoms with Gasteiger partial charge in [-0.1, -0.05) is 0 Å². The first-order valence-electron chi connectivity index (χ1n) is 6.18. The van der Waals surface area contributed by atoms with E-state index in [0.29, 0.717) is 19.3 Å². The molecule has 18 heavy (non-hydrogen) atoms. The average molecular weight is 267 g/mol. The molecule has 0 aromatic carbocycles. The van der Waals surface area contributed by atoms with Gasteiger partial charge in [-0.05, 0) is 48.1 Å². The van der Waals surface area contributed by atoms with Crippen molar-refractivity contribution in [3.63, 3.8) is 0 Å². The van der Waals surface area contributed by atoms with Crippen molar-refractivity contribution in [1.29, 1.82) is 0 Å². The molecule has 1 saturated carbocycles. The third kappa shape index (κ3) is 3.57. The minimum Gasteiger partial charge on any atom is -0.481 e. The van der Waals surface area contributed by atoms with Crippen LogP contribution in [0.2, 0.25) is 0 Å². The number of hydrogen-bond acceptors (Lipinski definition) is 3. The summed E-state index contributed by atoms with van der Waals surface area (Å²) in [5.41, 5.74) is 1.19. The number of carbonyl (C=O) groups is 2. The smallest absolute Gasteiger partial charge is 0.306 e.